The van der Waals surface area contributed by atoms with Crippen LogP contribution < -0.4 is 4.74 Å². The summed E-state index contributed by atoms with van der Waals surface area (Å²) in [7, 11) is 1.37. The molecule has 0 bridgehead atoms. The number of benzene rings is 1. The molecule has 1 nitrogen and oxygen atoms in total. The molecule has 0 atom stereocenters. The van der Waals surface area contributed by atoms with Crippen LogP contribution in [0.25, 0.3) is 0 Å². The van der Waals surface area contributed by atoms with E-state index in [1.165, 1.54) is 19.2 Å². The van der Waals surface area contributed by atoms with Crippen LogP contribution in [0, 0.1) is 11.6 Å². The van der Waals surface area contributed by atoms with Crippen LogP contribution in [0.5, 0.6) is 5.75 Å². The number of hydrogen-bond donors (Lipinski definition) is 1. The van der Waals surface area contributed by atoms with Gasteiger partial charge >= 0.3 is 0 Å². The first-order chi connectivity index (χ1) is 6.19. The molecule has 0 N–H and O–H groups in total. The molecule has 0 heterocycles. The van der Waals surface area contributed by atoms with E-state index >= 15 is 0 Å². The fourth-order valence-corrected chi connectivity index (χ4v) is 1.27. The molecule has 0 aromatic heterocycles. The first kappa shape index (κ1) is 10.3. The van der Waals surface area contributed by atoms with Gasteiger partial charge in [-0.2, -0.15) is 12.6 Å². The maximum absolute atomic E-state index is 13.1. The summed E-state index contributed by atoms with van der Waals surface area (Å²) >= 11 is 3.91. The average Bonchev–Trinajstić information content (AvgIpc) is 2.11. The number of hydrogen-bond acceptors (Lipinski definition) is 2. The normalized spacial score (nSPS) is 10.2. The number of methoxy groups -OCH3 is 1. The highest BCUT2D eigenvalue weighted by Crippen LogP contribution is 2.20. The molecule has 0 aliphatic heterocycles. The molecule has 0 unspecified atom stereocenters. The average molecular weight is 204 g/mol. The molecule has 0 saturated carbocycles. The van der Waals surface area contributed by atoms with Crippen molar-refractivity contribution in [3.8, 4) is 5.75 Å². The van der Waals surface area contributed by atoms with Gasteiger partial charge < -0.3 is 4.74 Å². The zero-order chi connectivity index (χ0) is 9.84. The van der Waals surface area contributed by atoms with Crippen molar-refractivity contribution in [2.24, 2.45) is 0 Å². The standard InChI is InChI=1S/C9H10F2OS/c1-12-6-4-8(10)7(2-3-13)9(11)5-6/h4-5,13H,2-3H2,1H3. The first-order valence-corrected chi connectivity index (χ1v) is 4.45. The molecule has 0 aliphatic rings. The van der Waals surface area contributed by atoms with Gasteiger partial charge in [0.1, 0.15) is 17.4 Å². The van der Waals surface area contributed by atoms with Crippen LogP contribution in [0.3, 0.4) is 0 Å². The van der Waals surface area contributed by atoms with Crippen molar-refractivity contribution in [2.45, 2.75) is 6.42 Å². The Morgan fingerprint density at radius 1 is 1.31 bits per heavy atom. The molecule has 0 spiro atoms. The second-order valence-corrected chi connectivity index (χ2v) is 2.99. The number of ether oxygens (including phenoxy) is 1. The van der Waals surface area contributed by atoms with Crippen LogP contribution in [0.15, 0.2) is 12.1 Å². The third-order valence-corrected chi connectivity index (χ3v) is 1.94. The summed E-state index contributed by atoms with van der Waals surface area (Å²) in [4.78, 5) is 0. The van der Waals surface area contributed by atoms with E-state index in [2.05, 4.69) is 12.6 Å². The summed E-state index contributed by atoms with van der Waals surface area (Å²) in [5.41, 5.74) is 0.0656. The van der Waals surface area contributed by atoms with Crippen molar-refractivity contribution in [1.29, 1.82) is 0 Å². The van der Waals surface area contributed by atoms with Crippen LogP contribution in [-0.4, -0.2) is 12.9 Å². The Labute approximate surface area is 81.1 Å². The Kier molecular flexibility index (Phi) is 3.54. The van der Waals surface area contributed by atoms with Crippen LogP contribution in [0.2, 0.25) is 0 Å². The van der Waals surface area contributed by atoms with Gasteiger partial charge in [-0.15, -0.1) is 0 Å². The van der Waals surface area contributed by atoms with Gasteiger partial charge in [-0.3, -0.25) is 0 Å². The smallest absolute Gasteiger partial charge is 0.133 e. The van der Waals surface area contributed by atoms with Crippen molar-refractivity contribution >= 4 is 12.6 Å². The molecule has 1 rings (SSSR count). The molecule has 1 aromatic rings. The van der Waals surface area contributed by atoms with E-state index in [0.29, 0.717) is 5.75 Å². The van der Waals surface area contributed by atoms with Crippen molar-refractivity contribution in [1.82, 2.24) is 0 Å². The molecule has 4 heteroatoms. The number of halogens is 2. The summed E-state index contributed by atoms with van der Waals surface area (Å²) in [5.74, 6) is -0.546. The predicted octanol–water partition coefficient (Wildman–Crippen LogP) is 2.45. The highest BCUT2D eigenvalue weighted by Gasteiger charge is 2.10. The summed E-state index contributed by atoms with van der Waals surface area (Å²) in [5, 5.41) is 0. The molecule has 0 radical (unpaired) electrons. The Bertz CT molecular complexity index is 279. The Hall–Kier alpha value is -0.770. The third kappa shape index (κ3) is 2.34. The largest absolute Gasteiger partial charge is 0.497 e. The highest BCUT2D eigenvalue weighted by molar-refractivity contribution is 7.80. The Balaban J connectivity index is 3.07. The van der Waals surface area contributed by atoms with E-state index in [1.807, 2.05) is 0 Å². The minimum atomic E-state index is -0.578. The fourth-order valence-electron chi connectivity index (χ4n) is 1.05. The summed E-state index contributed by atoms with van der Waals surface area (Å²) in [6.45, 7) is 0. The van der Waals surface area contributed by atoms with Crippen molar-refractivity contribution < 1.29 is 13.5 Å². The summed E-state index contributed by atoms with van der Waals surface area (Å²) < 4.78 is 31.0. The highest BCUT2D eigenvalue weighted by atomic mass is 32.1. The zero-order valence-corrected chi connectivity index (χ0v) is 8.07. The minimum absolute atomic E-state index is 0.0656. The first-order valence-electron chi connectivity index (χ1n) is 3.81. The molecule has 0 saturated heterocycles. The molecule has 1 aromatic carbocycles. The van der Waals surface area contributed by atoms with E-state index < -0.39 is 11.6 Å². The van der Waals surface area contributed by atoms with Crippen molar-refractivity contribution in [3.63, 3.8) is 0 Å². The van der Waals surface area contributed by atoms with E-state index in [-0.39, 0.29) is 17.7 Å². The molecule has 13 heavy (non-hydrogen) atoms. The lowest BCUT2D eigenvalue weighted by molar-refractivity contribution is 0.405. The van der Waals surface area contributed by atoms with Crippen LogP contribution in [-0.2, 0) is 6.42 Å². The summed E-state index contributed by atoms with van der Waals surface area (Å²) in [6.07, 6.45) is 0.283. The molecular weight excluding hydrogens is 194 g/mol. The van der Waals surface area contributed by atoms with Gasteiger partial charge in [0.15, 0.2) is 0 Å². The zero-order valence-electron chi connectivity index (χ0n) is 7.18. The molecule has 0 amide bonds. The number of thiol groups is 1. The van der Waals surface area contributed by atoms with E-state index in [9.17, 15) is 8.78 Å². The fraction of sp³-hybridized carbons (Fsp3) is 0.333. The SMILES string of the molecule is COc1cc(F)c(CCS)c(F)c1. The van der Waals surface area contributed by atoms with Crippen LogP contribution >= 0.6 is 12.6 Å². The molecule has 72 valence electrons. The van der Waals surface area contributed by atoms with Crippen LogP contribution in [0.1, 0.15) is 5.56 Å². The molecule has 0 aliphatic carbocycles. The Morgan fingerprint density at radius 3 is 2.23 bits per heavy atom. The van der Waals surface area contributed by atoms with Gasteiger partial charge in [0.05, 0.1) is 7.11 Å². The maximum atomic E-state index is 13.1. The minimum Gasteiger partial charge on any atom is -0.497 e. The monoisotopic (exact) mass is 204 g/mol. The predicted molar refractivity (Wildman–Crippen MR) is 50.5 cm³/mol. The third-order valence-electron chi connectivity index (χ3n) is 1.71. The van der Waals surface area contributed by atoms with E-state index in [0.717, 1.165) is 0 Å². The lowest BCUT2D eigenvalue weighted by Gasteiger charge is -2.05. The Morgan fingerprint density at radius 2 is 1.85 bits per heavy atom. The van der Waals surface area contributed by atoms with Gasteiger partial charge in [-0.1, -0.05) is 0 Å². The molecule has 0 fully saturated rings. The van der Waals surface area contributed by atoms with Gasteiger partial charge in [0.2, 0.25) is 0 Å². The number of rotatable bonds is 3. The van der Waals surface area contributed by atoms with Gasteiger partial charge in [-0.25, -0.2) is 8.78 Å². The van der Waals surface area contributed by atoms with Crippen molar-refractivity contribution in [2.75, 3.05) is 12.9 Å². The topological polar surface area (TPSA) is 9.23 Å². The van der Waals surface area contributed by atoms with Crippen molar-refractivity contribution in [3.05, 3.63) is 29.3 Å². The van der Waals surface area contributed by atoms with Gasteiger partial charge in [-0.05, 0) is 12.2 Å². The lowest BCUT2D eigenvalue weighted by atomic mass is 10.1. The quantitative estimate of drug-likeness (QED) is 0.744. The van der Waals surface area contributed by atoms with Crippen LogP contribution in [0.4, 0.5) is 8.78 Å². The maximum Gasteiger partial charge on any atom is 0.133 e. The van der Waals surface area contributed by atoms with Gasteiger partial charge in [0, 0.05) is 17.7 Å². The summed E-state index contributed by atoms with van der Waals surface area (Å²) in [6, 6.07) is 2.34. The molecular formula is C9H10F2OS. The second kappa shape index (κ2) is 4.46. The van der Waals surface area contributed by atoms with E-state index in [1.54, 1.807) is 0 Å². The lowest BCUT2D eigenvalue weighted by Crippen LogP contribution is -1.98. The second-order valence-electron chi connectivity index (χ2n) is 2.54. The van der Waals surface area contributed by atoms with E-state index in [4.69, 9.17) is 4.74 Å². The van der Waals surface area contributed by atoms with Gasteiger partial charge in [0.25, 0.3) is 0 Å².